The van der Waals surface area contributed by atoms with Crippen LogP contribution in [-0.4, -0.2) is 36.7 Å². The number of hydrogen-bond donors (Lipinski definition) is 1. The number of alkyl carbamates (subject to hydrolysis) is 1. The van der Waals surface area contributed by atoms with Crippen LogP contribution in [0.2, 0.25) is 0 Å². The van der Waals surface area contributed by atoms with Gasteiger partial charge in [0.05, 0.1) is 12.6 Å². The van der Waals surface area contributed by atoms with Gasteiger partial charge in [-0.15, -0.1) is 0 Å². The molecule has 0 aromatic heterocycles. The number of benzene rings is 1. The van der Waals surface area contributed by atoms with Crippen LogP contribution in [0.4, 0.5) is 4.79 Å². The fourth-order valence-electron chi connectivity index (χ4n) is 2.20. The highest BCUT2D eigenvalue weighted by Gasteiger charge is 2.46. The summed E-state index contributed by atoms with van der Waals surface area (Å²) in [5.74, 6) is 1.00. The van der Waals surface area contributed by atoms with E-state index in [4.69, 9.17) is 14.2 Å². The minimum Gasteiger partial charge on any atom is -0.493 e. The predicted octanol–water partition coefficient (Wildman–Crippen LogP) is 3.33. The summed E-state index contributed by atoms with van der Waals surface area (Å²) in [7, 11) is 1.53. The quantitative estimate of drug-likeness (QED) is 0.807. The third-order valence-electron chi connectivity index (χ3n) is 3.69. The molecule has 132 valence electrons. The molecule has 1 aromatic rings. The molecular weight excluding hydrogens is 310 g/mol. The zero-order valence-electron chi connectivity index (χ0n) is 14.9. The number of rotatable bonds is 6. The van der Waals surface area contributed by atoms with Crippen LogP contribution in [0.5, 0.6) is 11.5 Å². The van der Waals surface area contributed by atoms with Gasteiger partial charge in [-0.1, -0.05) is 0 Å². The van der Waals surface area contributed by atoms with Crippen molar-refractivity contribution < 1.29 is 23.8 Å². The Bertz CT molecular complexity index is 629. The Morgan fingerprint density at radius 1 is 1.21 bits per heavy atom. The third kappa shape index (κ3) is 4.88. The van der Waals surface area contributed by atoms with Crippen molar-refractivity contribution >= 4 is 11.9 Å². The number of ether oxygens (including phenoxy) is 3. The van der Waals surface area contributed by atoms with E-state index in [0.717, 1.165) is 12.8 Å². The first-order valence-electron chi connectivity index (χ1n) is 7.97. The molecule has 6 heteroatoms. The average molecular weight is 335 g/mol. The molecule has 0 saturated heterocycles. The fraction of sp³-hybridized carbons (Fsp3) is 0.556. The van der Waals surface area contributed by atoms with E-state index < -0.39 is 17.2 Å². The molecule has 0 spiro atoms. The molecule has 0 radical (unpaired) electrons. The summed E-state index contributed by atoms with van der Waals surface area (Å²) in [5.41, 5.74) is -0.369. The van der Waals surface area contributed by atoms with Gasteiger partial charge in [-0.3, -0.25) is 4.79 Å². The molecule has 1 amide bonds. The van der Waals surface area contributed by atoms with E-state index in [-0.39, 0.29) is 5.78 Å². The van der Waals surface area contributed by atoms with Gasteiger partial charge >= 0.3 is 6.09 Å². The number of nitrogens with one attached hydrogen (secondary N) is 1. The van der Waals surface area contributed by atoms with Gasteiger partial charge < -0.3 is 19.5 Å². The Kier molecular flexibility index (Phi) is 5.06. The Morgan fingerprint density at radius 2 is 1.88 bits per heavy atom. The summed E-state index contributed by atoms with van der Waals surface area (Å²) in [6, 6.07) is 5.05. The van der Waals surface area contributed by atoms with Crippen molar-refractivity contribution in [2.45, 2.75) is 51.7 Å². The number of carbonyl (C=O) groups is 2. The number of Topliss-reactive ketones (excluding diaryl/α,β-unsaturated/α-hetero) is 1. The molecule has 1 N–H and O–H groups in total. The van der Waals surface area contributed by atoms with Gasteiger partial charge in [-0.25, -0.2) is 4.79 Å². The highest BCUT2D eigenvalue weighted by Crippen LogP contribution is 2.38. The van der Waals surface area contributed by atoms with E-state index in [2.05, 4.69) is 5.32 Å². The van der Waals surface area contributed by atoms with E-state index in [1.54, 1.807) is 18.2 Å². The van der Waals surface area contributed by atoms with Crippen LogP contribution < -0.4 is 14.8 Å². The zero-order valence-corrected chi connectivity index (χ0v) is 14.9. The van der Waals surface area contributed by atoms with E-state index in [1.165, 1.54) is 14.0 Å². The van der Waals surface area contributed by atoms with E-state index in [0.29, 0.717) is 23.7 Å². The van der Waals surface area contributed by atoms with Crippen LogP contribution in [0.25, 0.3) is 0 Å². The Labute approximate surface area is 142 Å². The molecule has 1 saturated carbocycles. The summed E-state index contributed by atoms with van der Waals surface area (Å²) in [6.45, 7) is 7.29. The maximum atomic E-state index is 11.9. The first-order valence-corrected chi connectivity index (χ1v) is 7.97. The molecular formula is C18H25NO5. The summed E-state index contributed by atoms with van der Waals surface area (Å²) in [5, 5.41) is 2.88. The highest BCUT2D eigenvalue weighted by atomic mass is 16.6. The molecule has 1 aliphatic rings. The van der Waals surface area contributed by atoms with Gasteiger partial charge in [-0.2, -0.15) is 0 Å². The average Bonchev–Trinajstić information content (AvgIpc) is 3.22. The molecule has 2 rings (SSSR count). The lowest BCUT2D eigenvalue weighted by molar-refractivity contribution is 0.0476. The Hall–Kier alpha value is -2.24. The van der Waals surface area contributed by atoms with Crippen LogP contribution in [0, 0.1) is 0 Å². The zero-order chi connectivity index (χ0) is 18.0. The van der Waals surface area contributed by atoms with Gasteiger partial charge in [0, 0.05) is 5.56 Å². The number of ketones is 1. The topological polar surface area (TPSA) is 73.9 Å². The van der Waals surface area contributed by atoms with Crippen molar-refractivity contribution in [1.82, 2.24) is 5.32 Å². The number of methoxy groups -OCH3 is 1. The van der Waals surface area contributed by atoms with Crippen molar-refractivity contribution in [2.75, 3.05) is 13.7 Å². The lowest BCUT2D eigenvalue weighted by Gasteiger charge is -2.23. The highest BCUT2D eigenvalue weighted by molar-refractivity contribution is 5.94. The monoisotopic (exact) mass is 335 g/mol. The van der Waals surface area contributed by atoms with E-state index >= 15 is 0 Å². The maximum absolute atomic E-state index is 11.9. The lowest BCUT2D eigenvalue weighted by atomic mass is 10.1. The third-order valence-corrected chi connectivity index (χ3v) is 3.69. The van der Waals surface area contributed by atoms with Gasteiger partial charge in [0.2, 0.25) is 0 Å². The molecule has 0 aliphatic heterocycles. The van der Waals surface area contributed by atoms with Crippen molar-refractivity contribution in [3.05, 3.63) is 23.8 Å². The molecule has 1 fully saturated rings. The second kappa shape index (κ2) is 6.71. The van der Waals surface area contributed by atoms with Crippen LogP contribution in [-0.2, 0) is 4.74 Å². The minimum absolute atomic E-state index is 0.0369. The molecule has 6 nitrogen and oxygen atoms in total. The predicted molar refractivity (Wildman–Crippen MR) is 89.8 cm³/mol. The summed E-state index contributed by atoms with van der Waals surface area (Å²) in [4.78, 5) is 23.3. The van der Waals surface area contributed by atoms with Crippen LogP contribution in [0.1, 0.15) is 50.9 Å². The smallest absolute Gasteiger partial charge is 0.408 e. The Morgan fingerprint density at radius 3 is 2.38 bits per heavy atom. The first-order chi connectivity index (χ1) is 11.1. The molecule has 0 unspecified atom stereocenters. The molecule has 0 heterocycles. The van der Waals surface area contributed by atoms with Crippen molar-refractivity contribution in [2.24, 2.45) is 0 Å². The van der Waals surface area contributed by atoms with Crippen LogP contribution in [0.15, 0.2) is 18.2 Å². The molecule has 1 aromatic carbocycles. The summed E-state index contributed by atoms with van der Waals surface area (Å²) < 4.78 is 16.4. The molecule has 0 atom stereocenters. The first kappa shape index (κ1) is 18.1. The molecule has 1 aliphatic carbocycles. The van der Waals surface area contributed by atoms with E-state index in [9.17, 15) is 9.59 Å². The lowest BCUT2D eigenvalue weighted by Crippen LogP contribution is -2.44. The number of amides is 1. The van der Waals surface area contributed by atoms with E-state index in [1.807, 2.05) is 20.8 Å². The number of carbonyl (C=O) groups excluding carboxylic acids is 2. The van der Waals surface area contributed by atoms with Crippen molar-refractivity contribution in [1.29, 1.82) is 0 Å². The maximum Gasteiger partial charge on any atom is 0.408 e. The van der Waals surface area contributed by atoms with Crippen LogP contribution >= 0.6 is 0 Å². The van der Waals surface area contributed by atoms with Crippen molar-refractivity contribution in [3.63, 3.8) is 0 Å². The summed E-state index contributed by atoms with van der Waals surface area (Å²) >= 11 is 0. The molecule has 24 heavy (non-hydrogen) atoms. The number of hydrogen-bond acceptors (Lipinski definition) is 5. The van der Waals surface area contributed by atoms with Crippen LogP contribution in [0.3, 0.4) is 0 Å². The second-order valence-electron chi connectivity index (χ2n) is 7.12. The Balaban J connectivity index is 1.98. The summed E-state index contributed by atoms with van der Waals surface area (Å²) in [6.07, 6.45) is 1.22. The van der Waals surface area contributed by atoms with Gasteiger partial charge in [0.25, 0.3) is 0 Å². The van der Waals surface area contributed by atoms with Gasteiger partial charge in [-0.05, 0) is 58.7 Å². The standard InChI is InChI=1S/C18H25NO5/c1-12(20)13-6-7-14(15(10-13)22-5)23-11-18(8-9-18)19-16(21)24-17(2,3)4/h6-7,10H,8-9,11H2,1-5H3,(H,19,21). The second-order valence-corrected chi connectivity index (χ2v) is 7.12. The van der Waals surface area contributed by atoms with Crippen molar-refractivity contribution in [3.8, 4) is 11.5 Å². The molecule has 0 bridgehead atoms. The van der Waals surface area contributed by atoms with Gasteiger partial charge in [0.15, 0.2) is 17.3 Å². The largest absolute Gasteiger partial charge is 0.493 e. The fourth-order valence-corrected chi connectivity index (χ4v) is 2.20. The SMILES string of the molecule is COc1cc(C(C)=O)ccc1OCC1(NC(=O)OC(C)(C)C)CC1. The minimum atomic E-state index is -0.535. The normalized spacial score (nSPS) is 15.4. The van der Waals surface area contributed by atoms with Gasteiger partial charge in [0.1, 0.15) is 12.2 Å².